The SMILES string of the molecule is CN=CNS(=O)(=O)c1ccccc1C(=O)O. The van der Waals surface area contributed by atoms with Gasteiger partial charge in [-0.3, -0.25) is 9.71 Å². The molecular formula is C9H10N2O4S. The number of nitrogens with zero attached hydrogens (tertiary/aromatic N) is 1. The van der Waals surface area contributed by atoms with Crippen LogP contribution in [0.3, 0.4) is 0 Å². The average molecular weight is 242 g/mol. The zero-order chi connectivity index (χ0) is 12.2. The smallest absolute Gasteiger partial charge is 0.337 e. The molecule has 0 fully saturated rings. The van der Waals surface area contributed by atoms with E-state index in [9.17, 15) is 13.2 Å². The van der Waals surface area contributed by atoms with Crippen LogP contribution in [0.15, 0.2) is 34.2 Å². The number of hydrogen-bond donors (Lipinski definition) is 2. The van der Waals surface area contributed by atoms with E-state index in [2.05, 4.69) is 4.99 Å². The second-order valence-electron chi connectivity index (χ2n) is 2.81. The molecule has 6 nitrogen and oxygen atoms in total. The highest BCUT2D eigenvalue weighted by Gasteiger charge is 2.20. The summed E-state index contributed by atoms with van der Waals surface area (Å²) in [6.07, 6.45) is 0.980. The largest absolute Gasteiger partial charge is 0.478 e. The van der Waals surface area contributed by atoms with Crippen molar-refractivity contribution in [3.8, 4) is 0 Å². The number of aliphatic imine (C=N–C) groups is 1. The Morgan fingerprint density at radius 1 is 1.44 bits per heavy atom. The second-order valence-corrected chi connectivity index (χ2v) is 4.49. The number of aromatic carboxylic acids is 1. The third kappa shape index (κ3) is 2.57. The number of rotatable bonds is 4. The normalized spacial score (nSPS) is 11.6. The summed E-state index contributed by atoms with van der Waals surface area (Å²) in [5, 5.41) is 8.83. The molecule has 1 aromatic carbocycles. The summed E-state index contributed by atoms with van der Waals surface area (Å²) in [6, 6.07) is 5.34. The number of carboxylic acids is 1. The third-order valence-corrected chi connectivity index (χ3v) is 3.09. The van der Waals surface area contributed by atoms with Gasteiger partial charge in [0.1, 0.15) is 4.90 Å². The van der Waals surface area contributed by atoms with Gasteiger partial charge in [-0.25, -0.2) is 13.2 Å². The van der Waals surface area contributed by atoms with Gasteiger partial charge in [0.15, 0.2) is 0 Å². The van der Waals surface area contributed by atoms with Gasteiger partial charge in [-0.1, -0.05) is 12.1 Å². The van der Waals surface area contributed by atoms with Gasteiger partial charge in [-0.05, 0) is 12.1 Å². The first-order chi connectivity index (χ1) is 7.49. The van der Waals surface area contributed by atoms with Gasteiger partial charge < -0.3 is 5.11 Å². The Balaban J connectivity index is 3.27. The van der Waals surface area contributed by atoms with Gasteiger partial charge in [-0.15, -0.1) is 0 Å². The summed E-state index contributed by atoms with van der Waals surface area (Å²) in [7, 11) is -2.48. The molecule has 0 spiro atoms. The first kappa shape index (κ1) is 12.2. The molecule has 0 unspecified atom stereocenters. The van der Waals surface area contributed by atoms with E-state index in [0.717, 1.165) is 6.34 Å². The Bertz CT molecular complexity index is 522. The maximum atomic E-state index is 11.7. The molecule has 0 aliphatic heterocycles. The molecule has 0 heterocycles. The highest BCUT2D eigenvalue weighted by atomic mass is 32.2. The minimum atomic E-state index is -3.88. The molecule has 0 saturated heterocycles. The quantitative estimate of drug-likeness (QED) is 0.587. The molecule has 7 heteroatoms. The number of carbonyl (C=O) groups is 1. The van der Waals surface area contributed by atoms with Crippen LogP contribution in [0.2, 0.25) is 0 Å². The van der Waals surface area contributed by atoms with Crippen LogP contribution in [0.25, 0.3) is 0 Å². The van der Waals surface area contributed by atoms with E-state index < -0.39 is 16.0 Å². The van der Waals surface area contributed by atoms with Crippen LogP contribution in [-0.2, 0) is 10.0 Å². The summed E-state index contributed by atoms with van der Waals surface area (Å²) < 4.78 is 25.3. The molecule has 2 N–H and O–H groups in total. The topological polar surface area (TPSA) is 95.8 Å². The Hall–Kier alpha value is -1.89. The van der Waals surface area contributed by atoms with Gasteiger partial charge in [0.05, 0.1) is 11.9 Å². The number of nitrogens with one attached hydrogen (secondary N) is 1. The minimum absolute atomic E-state index is 0.278. The minimum Gasteiger partial charge on any atom is -0.478 e. The van der Waals surface area contributed by atoms with Crippen molar-refractivity contribution in [2.75, 3.05) is 7.05 Å². The molecule has 16 heavy (non-hydrogen) atoms. The van der Waals surface area contributed by atoms with E-state index in [-0.39, 0.29) is 10.5 Å². The van der Waals surface area contributed by atoms with Crippen LogP contribution in [0, 0.1) is 0 Å². The Labute approximate surface area is 92.7 Å². The van der Waals surface area contributed by atoms with Crippen molar-refractivity contribution >= 4 is 22.3 Å². The van der Waals surface area contributed by atoms with Gasteiger partial charge >= 0.3 is 5.97 Å². The molecule has 0 aliphatic carbocycles. The summed E-state index contributed by atoms with van der Waals surface area (Å²) in [6.45, 7) is 0. The molecule has 86 valence electrons. The molecule has 1 rings (SSSR count). The molecule has 0 aliphatic rings. The lowest BCUT2D eigenvalue weighted by molar-refractivity contribution is 0.0692. The lowest BCUT2D eigenvalue weighted by Gasteiger charge is -2.06. The number of hydrogen-bond acceptors (Lipinski definition) is 4. The van der Waals surface area contributed by atoms with Crippen LogP contribution in [0.5, 0.6) is 0 Å². The molecular weight excluding hydrogens is 232 g/mol. The van der Waals surface area contributed by atoms with Crippen molar-refractivity contribution in [3.05, 3.63) is 29.8 Å². The maximum absolute atomic E-state index is 11.7. The Morgan fingerprint density at radius 2 is 2.06 bits per heavy atom. The van der Waals surface area contributed by atoms with Gasteiger partial charge in [0.25, 0.3) is 10.0 Å². The number of sulfonamides is 1. The highest BCUT2D eigenvalue weighted by Crippen LogP contribution is 2.14. The van der Waals surface area contributed by atoms with Crippen molar-refractivity contribution in [2.24, 2.45) is 4.99 Å². The van der Waals surface area contributed by atoms with Crippen molar-refractivity contribution < 1.29 is 18.3 Å². The first-order valence-electron chi connectivity index (χ1n) is 4.24. The van der Waals surface area contributed by atoms with Crippen LogP contribution in [0.1, 0.15) is 10.4 Å². The molecule has 1 aromatic rings. The van der Waals surface area contributed by atoms with Crippen LogP contribution < -0.4 is 4.72 Å². The van der Waals surface area contributed by atoms with E-state index in [0.29, 0.717) is 0 Å². The zero-order valence-electron chi connectivity index (χ0n) is 8.41. The Morgan fingerprint density at radius 3 is 2.62 bits per heavy atom. The summed E-state index contributed by atoms with van der Waals surface area (Å²) >= 11 is 0. The van der Waals surface area contributed by atoms with Crippen LogP contribution in [-0.4, -0.2) is 32.9 Å². The fourth-order valence-electron chi connectivity index (χ4n) is 1.06. The standard InChI is InChI=1S/C9H10N2O4S/c1-10-6-11-16(14,15)8-5-3-2-4-7(8)9(12)13/h2-6H,1H3,(H,10,11)(H,12,13). The summed E-state index contributed by atoms with van der Waals surface area (Å²) in [4.78, 5) is 14.0. The summed E-state index contributed by atoms with van der Waals surface area (Å²) in [5.74, 6) is -1.30. The van der Waals surface area contributed by atoms with E-state index in [4.69, 9.17) is 5.11 Å². The number of carboxylic acid groups (broad SMARTS) is 1. The fraction of sp³-hybridized carbons (Fsp3) is 0.111. The van der Waals surface area contributed by atoms with Gasteiger partial charge in [-0.2, -0.15) is 0 Å². The molecule has 0 atom stereocenters. The van der Waals surface area contributed by atoms with E-state index in [1.54, 1.807) is 0 Å². The third-order valence-electron chi connectivity index (χ3n) is 1.74. The lowest BCUT2D eigenvalue weighted by atomic mass is 10.2. The maximum Gasteiger partial charge on any atom is 0.337 e. The van der Waals surface area contributed by atoms with E-state index >= 15 is 0 Å². The Kier molecular flexibility index (Phi) is 3.62. The molecule has 0 aromatic heterocycles. The predicted octanol–water partition coefficient (Wildman–Crippen LogP) is 0.321. The van der Waals surface area contributed by atoms with Gasteiger partial charge in [0.2, 0.25) is 0 Å². The van der Waals surface area contributed by atoms with Crippen molar-refractivity contribution in [1.82, 2.24) is 4.72 Å². The van der Waals surface area contributed by atoms with Crippen LogP contribution in [0.4, 0.5) is 0 Å². The fourth-order valence-corrected chi connectivity index (χ4v) is 2.14. The van der Waals surface area contributed by atoms with Crippen LogP contribution >= 0.6 is 0 Å². The number of benzene rings is 1. The molecule has 0 amide bonds. The van der Waals surface area contributed by atoms with Gasteiger partial charge in [0, 0.05) is 7.05 Å². The molecule has 0 bridgehead atoms. The molecule has 0 radical (unpaired) electrons. The lowest BCUT2D eigenvalue weighted by Crippen LogP contribution is -2.24. The van der Waals surface area contributed by atoms with E-state index in [1.807, 2.05) is 4.72 Å². The molecule has 0 saturated carbocycles. The second kappa shape index (κ2) is 4.75. The van der Waals surface area contributed by atoms with Crippen molar-refractivity contribution in [2.45, 2.75) is 4.90 Å². The first-order valence-corrected chi connectivity index (χ1v) is 5.72. The summed E-state index contributed by atoms with van der Waals surface area (Å²) in [5.41, 5.74) is -0.278. The zero-order valence-corrected chi connectivity index (χ0v) is 9.23. The van der Waals surface area contributed by atoms with Crippen molar-refractivity contribution in [3.63, 3.8) is 0 Å². The average Bonchev–Trinajstić information content (AvgIpc) is 2.26. The monoisotopic (exact) mass is 242 g/mol. The van der Waals surface area contributed by atoms with Crippen molar-refractivity contribution in [1.29, 1.82) is 0 Å². The van der Waals surface area contributed by atoms with E-state index in [1.165, 1.54) is 31.3 Å². The highest BCUT2D eigenvalue weighted by molar-refractivity contribution is 7.90. The predicted molar refractivity (Wildman–Crippen MR) is 58.1 cm³/mol.